The number of nitrogens with one attached hydrogen (secondary N) is 2. The minimum Gasteiger partial charge on any atom is -0.415 e. The fourth-order valence-corrected chi connectivity index (χ4v) is 5.26. The average Bonchev–Trinajstić information content (AvgIpc) is 2.78. The number of carbonyl (C=O) groups is 2. The first-order valence-corrected chi connectivity index (χ1v) is 14.5. The number of carbonyl (C=O) groups excluding carboxylic acids is 2. The van der Waals surface area contributed by atoms with Gasteiger partial charge in [-0.25, -0.2) is 13.4 Å². The summed E-state index contributed by atoms with van der Waals surface area (Å²) in [4.78, 5) is 32.4. The van der Waals surface area contributed by atoms with Gasteiger partial charge in [0.05, 0.1) is 11.7 Å². The fourth-order valence-electron chi connectivity index (χ4n) is 4.65. The fraction of sp³-hybridized carbons (Fsp3) is 0.519. The Balaban J connectivity index is 1.87. The summed E-state index contributed by atoms with van der Waals surface area (Å²) >= 11 is 0. The molecule has 0 spiro atoms. The second-order valence-corrected chi connectivity index (χ2v) is 12.8. The van der Waals surface area contributed by atoms with Crippen LogP contribution in [0.1, 0.15) is 56.9 Å². The van der Waals surface area contributed by atoms with Gasteiger partial charge in [-0.15, -0.1) is 0 Å². The van der Waals surface area contributed by atoms with E-state index in [-0.39, 0.29) is 23.4 Å². The predicted octanol–water partition coefficient (Wildman–Crippen LogP) is 3.80. The van der Waals surface area contributed by atoms with Crippen molar-refractivity contribution >= 4 is 27.5 Å². The lowest BCUT2D eigenvalue weighted by Crippen LogP contribution is -2.65. The largest absolute Gasteiger partial charge is 0.415 e. The van der Waals surface area contributed by atoms with Gasteiger partial charge in [0.1, 0.15) is 5.69 Å². The molecule has 0 radical (unpaired) electrons. The van der Waals surface area contributed by atoms with Crippen LogP contribution in [0.4, 0.5) is 14.5 Å². The van der Waals surface area contributed by atoms with Gasteiger partial charge in [-0.2, -0.15) is 8.78 Å². The molecule has 1 saturated heterocycles. The molecule has 1 aromatic carbocycles. The Hall–Kier alpha value is -3.12. The number of halogens is 2. The number of sulfonamides is 1. The first kappa shape index (κ1) is 30.4. The highest BCUT2D eigenvalue weighted by Crippen LogP contribution is 2.41. The Morgan fingerprint density at radius 1 is 1.15 bits per heavy atom. The lowest BCUT2D eigenvalue weighted by atomic mass is 9.69. The molecular weight excluding hydrogens is 530 g/mol. The number of hydrogen-bond acceptors (Lipinski definition) is 7. The van der Waals surface area contributed by atoms with Gasteiger partial charge in [-0.1, -0.05) is 52.0 Å². The molecule has 0 atom stereocenters. The molecule has 2 amide bonds. The molecule has 1 aliphatic rings. The van der Waals surface area contributed by atoms with Gasteiger partial charge in [0.2, 0.25) is 27.7 Å². The first-order chi connectivity index (χ1) is 18.0. The van der Waals surface area contributed by atoms with Crippen LogP contribution in [0.5, 0.6) is 5.88 Å². The Kier molecular flexibility index (Phi) is 9.01. The Morgan fingerprint density at radius 2 is 1.79 bits per heavy atom. The van der Waals surface area contributed by atoms with E-state index in [9.17, 15) is 26.8 Å². The van der Waals surface area contributed by atoms with Crippen molar-refractivity contribution in [1.29, 1.82) is 0 Å². The lowest BCUT2D eigenvalue weighted by molar-refractivity contribution is -0.131. The summed E-state index contributed by atoms with van der Waals surface area (Å²) in [6.45, 7) is 6.98. The van der Waals surface area contributed by atoms with Crippen LogP contribution in [-0.4, -0.2) is 62.6 Å². The van der Waals surface area contributed by atoms with Crippen molar-refractivity contribution in [3.63, 3.8) is 0 Å². The maximum absolute atomic E-state index is 13.9. The number of ether oxygens (including phenoxy) is 1. The van der Waals surface area contributed by atoms with E-state index in [1.54, 1.807) is 26.8 Å². The first-order valence-electron chi connectivity index (χ1n) is 12.6. The van der Waals surface area contributed by atoms with Crippen molar-refractivity contribution in [3.05, 3.63) is 53.2 Å². The van der Waals surface area contributed by atoms with Gasteiger partial charge >= 0.3 is 6.61 Å². The molecule has 2 heterocycles. The van der Waals surface area contributed by atoms with Crippen molar-refractivity contribution in [1.82, 2.24) is 14.6 Å². The molecular formula is C27H36F2N4O5S. The number of likely N-dealkylation sites (tertiary alicyclic amines) is 1. The highest BCUT2D eigenvalue weighted by molar-refractivity contribution is 7.89. The third-order valence-electron chi connectivity index (χ3n) is 6.91. The van der Waals surface area contributed by atoms with E-state index >= 15 is 0 Å². The zero-order valence-corrected chi connectivity index (χ0v) is 23.9. The van der Waals surface area contributed by atoms with Crippen molar-refractivity contribution in [2.24, 2.45) is 5.41 Å². The van der Waals surface area contributed by atoms with Gasteiger partial charge in [0.25, 0.3) is 0 Å². The van der Waals surface area contributed by atoms with Crippen molar-refractivity contribution in [2.45, 2.75) is 59.0 Å². The molecule has 0 saturated carbocycles. The topological polar surface area (TPSA) is 118 Å². The van der Waals surface area contributed by atoms with Crippen LogP contribution >= 0.6 is 0 Å². The zero-order valence-electron chi connectivity index (χ0n) is 23.0. The summed E-state index contributed by atoms with van der Waals surface area (Å²) < 4.78 is 55.7. The van der Waals surface area contributed by atoms with E-state index in [1.165, 1.54) is 6.07 Å². The van der Waals surface area contributed by atoms with Crippen molar-refractivity contribution < 1.29 is 31.5 Å². The molecule has 1 aromatic heterocycles. The van der Waals surface area contributed by atoms with Crippen LogP contribution in [0.2, 0.25) is 0 Å². The van der Waals surface area contributed by atoms with E-state index < -0.39 is 33.4 Å². The minimum atomic E-state index is -3.69. The predicted molar refractivity (Wildman–Crippen MR) is 144 cm³/mol. The standard InChI is InChI=1S/C27H36F2N4O5S/c1-17(2)19-9-7-8-10-20(19)27(24(35)31-21-12-11-18(3)30-22(21)38-25(28)29)15-33(16-27)14-13-26(4,5)23(34)32-39(6,36)37/h7-12,17,25H,13-16H2,1-6H3,(H,31,35)(H,32,34). The second kappa shape index (κ2) is 11.5. The van der Waals surface area contributed by atoms with E-state index in [4.69, 9.17) is 0 Å². The summed E-state index contributed by atoms with van der Waals surface area (Å²) in [5.74, 6) is -1.22. The zero-order chi connectivity index (χ0) is 29.2. The monoisotopic (exact) mass is 566 g/mol. The Morgan fingerprint density at radius 3 is 2.38 bits per heavy atom. The SMILES string of the molecule is Cc1ccc(NC(=O)C2(c3ccccc3C(C)C)CN(CCC(C)(C)C(=O)NS(C)(=O)=O)C2)c(OC(F)F)n1. The lowest BCUT2D eigenvalue weighted by Gasteiger charge is -2.50. The van der Waals surface area contributed by atoms with Crippen molar-refractivity contribution in [3.8, 4) is 5.88 Å². The van der Waals surface area contributed by atoms with Gasteiger partial charge in [0.15, 0.2) is 0 Å². The maximum atomic E-state index is 13.9. The molecule has 1 aliphatic heterocycles. The van der Waals surface area contributed by atoms with E-state index in [1.807, 2.05) is 47.7 Å². The summed E-state index contributed by atoms with van der Waals surface area (Å²) in [6, 6.07) is 10.7. The molecule has 214 valence electrons. The van der Waals surface area contributed by atoms with Crippen molar-refractivity contribution in [2.75, 3.05) is 31.2 Å². The highest BCUT2D eigenvalue weighted by Gasteiger charge is 2.52. The van der Waals surface area contributed by atoms with Crippen LogP contribution in [0.3, 0.4) is 0 Å². The number of amides is 2. The van der Waals surface area contributed by atoms with E-state index in [2.05, 4.69) is 15.0 Å². The number of alkyl halides is 2. The van der Waals surface area contributed by atoms with Gasteiger partial charge in [-0.05, 0) is 49.1 Å². The van der Waals surface area contributed by atoms with E-state index in [0.29, 0.717) is 31.7 Å². The van der Waals surface area contributed by atoms with Crippen LogP contribution in [0, 0.1) is 12.3 Å². The number of aromatic nitrogens is 1. The van der Waals surface area contributed by atoms with Crippen LogP contribution < -0.4 is 14.8 Å². The number of nitrogens with zero attached hydrogens (tertiary/aromatic N) is 2. The summed E-state index contributed by atoms with van der Waals surface area (Å²) in [6.07, 6.45) is 1.28. The van der Waals surface area contributed by atoms with Gasteiger partial charge < -0.3 is 15.0 Å². The number of rotatable bonds is 11. The van der Waals surface area contributed by atoms with Crippen LogP contribution in [0.15, 0.2) is 36.4 Å². The second-order valence-electron chi connectivity index (χ2n) is 11.0. The molecule has 2 aromatic rings. The molecule has 12 heteroatoms. The quantitative estimate of drug-likeness (QED) is 0.425. The number of anilines is 1. The molecule has 0 bridgehead atoms. The number of hydrogen-bond donors (Lipinski definition) is 2. The number of benzene rings is 1. The van der Waals surface area contributed by atoms with Gasteiger partial charge in [0, 0.05) is 24.2 Å². The molecule has 0 aliphatic carbocycles. The van der Waals surface area contributed by atoms with E-state index in [0.717, 1.165) is 17.4 Å². The Bertz CT molecular complexity index is 1330. The molecule has 1 fully saturated rings. The normalized spacial score (nSPS) is 15.6. The molecule has 3 rings (SSSR count). The summed E-state index contributed by atoms with van der Waals surface area (Å²) in [5.41, 5.74) is 0.372. The van der Waals surface area contributed by atoms with Gasteiger partial charge in [-0.3, -0.25) is 14.3 Å². The molecule has 9 nitrogen and oxygen atoms in total. The summed E-state index contributed by atoms with van der Waals surface area (Å²) in [7, 11) is -3.69. The minimum absolute atomic E-state index is 0.0457. The third kappa shape index (κ3) is 7.30. The molecule has 39 heavy (non-hydrogen) atoms. The number of aryl methyl sites for hydroxylation is 1. The molecule has 2 N–H and O–H groups in total. The highest BCUT2D eigenvalue weighted by atomic mass is 32.2. The van der Waals surface area contributed by atoms with Crippen LogP contribution in [-0.2, 0) is 25.0 Å². The average molecular weight is 567 g/mol. The number of pyridine rings is 1. The Labute approximate surface area is 228 Å². The third-order valence-corrected chi connectivity index (χ3v) is 7.47. The molecule has 0 unspecified atom stereocenters. The van der Waals surface area contributed by atoms with Crippen LogP contribution in [0.25, 0.3) is 0 Å². The maximum Gasteiger partial charge on any atom is 0.388 e. The summed E-state index contributed by atoms with van der Waals surface area (Å²) in [5, 5.41) is 2.77. The smallest absolute Gasteiger partial charge is 0.388 e.